The van der Waals surface area contributed by atoms with Gasteiger partial charge in [0.2, 0.25) is 0 Å². The molecule has 2 rings (SSSR count). The molecule has 3 unspecified atom stereocenters. The van der Waals surface area contributed by atoms with E-state index in [1.54, 1.807) is 19.9 Å². The van der Waals surface area contributed by atoms with Crippen molar-refractivity contribution in [3.63, 3.8) is 0 Å². The van der Waals surface area contributed by atoms with Gasteiger partial charge < -0.3 is 14.8 Å². The topological polar surface area (TPSA) is 81.7 Å². The summed E-state index contributed by atoms with van der Waals surface area (Å²) in [6, 6.07) is 5.05. The van der Waals surface area contributed by atoms with Gasteiger partial charge in [0.1, 0.15) is 11.7 Å². The SMILES string of the molecule is CCOC(=O)NC(c1ccccc1F)C1CCCC(C(=O)OCC)C1=O. The van der Waals surface area contributed by atoms with Crippen LogP contribution in [0, 0.1) is 17.7 Å². The maximum Gasteiger partial charge on any atom is 0.407 e. The number of halogens is 1. The quantitative estimate of drug-likeness (QED) is 0.619. The van der Waals surface area contributed by atoms with Gasteiger partial charge in [-0.3, -0.25) is 9.59 Å². The van der Waals surface area contributed by atoms with Crippen molar-refractivity contribution in [1.82, 2.24) is 5.32 Å². The molecule has 1 aliphatic carbocycles. The summed E-state index contributed by atoms with van der Waals surface area (Å²) in [4.78, 5) is 36.9. The Hall–Kier alpha value is -2.44. The highest BCUT2D eigenvalue weighted by molar-refractivity contribution is 6.01. The molecule has 6 nitrogen and oxygen atoms in total. The Bertz CT molecular complexity index is 663. The number of Topliss-reactive ketones (excluding diaryl/α,β-unsaturated/α-hetero) is 1. The third kappa shape index (κ3) is 4.59. The summed E-state index contributed by atoms with van der Waals surface area (Å²) >= 11 is 0. The molecule has 0 aromatic heterocycles. The molecule has 1 aromatic carbocycles. The second-order valence-electron chi connectivity index (χ2n) is 6.11. The lowest BCUT2D eigenvalue weighted by Gasteiger charge is -2.33. The lowest BCUT2D eigenvalue weighted by atomic mass is 9.74. The first-order chi connectivity index (χ1) is 12.5. The van der Waals surface area contributed by atoms with Gasteiger partial charge in [0.25, 0.3) is 0 Å². The van der Waals surface area contributed by atoms with E-state index >= 15 is 0 Å². The van der Waals surface area contributed by atoms with Crippen molar-refractivity contribution < 1.29 is 28.2 Å². The summed E-state index contributed by atoms with van der Waals surface area (Å²) in [7, 11) is 0. The van der Waals surface area contributed by atoms with Crippen molar-refractivity contribution in [2.75, 3.05) is 13.2 Å². The van der Waals surface area contributed by atoms with E-state index in [4.69, 9.17) is 9.47 Å². The molecule has 26 heavy (non-hydrogen) atoms. The molecule has 0 aliphatic heterocycles. The number of benzene rings is 1. The Morgan fingerprint density at radius 3 is 2.54 bits per heavy atom. The average Bonchev–Trinajstić information content (AvgIpc) is 2.61. The molecule has 1 aliphatic rings. The molecule has 0 heterocycles. The normalized spacial score (nSPS) is 21.0. The molecule has 0 spiro atoms. The molecule has 0 saturated heterocycles. The number of esters is 1. The minimum Gasteiger partial charge on any atom is -0.465 e. The lowest BCUT2D eigenvalue weighted by molar-refractivity contribution is -0.154. The molecule has 1 N–H and O–H groups in total. The lowest BCUT2D eigenvalue weighted by Crippen LogP contribution is -2.43. The van der Waals surface area contributed by atoms with E-state index in [2.05, 4.69) is 5.32 Å². The fraction of sp³-hybridized carbons (Fsp3) is 0.526. The van der Waals surface area contributed by atoms with E-state index in [1.165, 1.54) is 18.2 Å². The van der Waals surface area contributed by atoms with Gasteiger partial charge in [0, 0.05) is 11.5 Å². The van der Waals surface area contributed by atoms with Gasteiger partial charge in [0.15, 0.2) is 5.78 Å². The number of ether oxygens (including phenoxy) is 2. The van der Waals surface area contributed by atoms with Gasteiger partial charge in [-0.05, 0) is 32.8 Å². The van der Waals surface area contributed by atoms with Crippen LogP contribution in [0.4, 0.5) is 9.18 Å². The number of carbonyl (C=O) groups excluding carboxylic acids is 3. The smallest absolute Gasteiger partial charge is 0.407 e. The summed E-state index contributed by atoms with van der Waals surface area (Å²) in [5, 5.41) is 2.59. The predicted molar refractivity (Wildman–Crippen MR) is 91.8 cm³/mol. The van der Waals surface area contributed by atoms with E-state index in [0.717, 1.165) is 0 Å². The van der Waals surface area contributed by atoms with Crippen LogP contribution in [0.5, 0.6) is 0 Å². The molecule has 1 amide bonds. The van der Waals surface area contributed by atoms with Crippen molar-refractivity contribution >= 4 is 17.8 Å². The zero-order valence-corrected chi connectivity index (χ0v) is 15.0. The number of rotatable bonds is 6. The second kappa shape index (κ2) is 9.31. The van der Waals surface area contributed by atoms with Crippen LogP contribution in [0.1, 0.15) is 44.7 Å². The summed E-state index contributed by atoms with van der Waals surface area (Å²) in [5.74, 6) is -3.03. The van der Waals surface area contributed by atoms with Crippen LogP contribution in [-0.4, -0.2) is 31.1 Å². The monoisotopic (exact) mass is 365 g/mol. The van der Waals surface area contributed by atoms with E-state index in [1.807, 2.05) is 0 Å². The van der Waals surface area contributed by atoms with Gasteiger partial charge in [-0.2, -0.15) is 0 Å². The number of carbonyl (C=O) groups is 3. The Labute approximate surface area is 152 Å². The van der Waals surface area contributed by atoms with Crippen molar-refractivity contribution in [2.45, 2.75) is 39.2 Å². The zero-order valence-electron chi connectivity index (χ0n) is 15.0. The minimum absolute atomic E-state index is 0.153. The van der Waals surface area contributed by atoms with Crippen LogP contribution in [0.2, 0.25) is 0 Å². The summed E-state index contributed by atoms with van der Waals surface area (Å²) < 4.78 is 24.2. The maximum atomic E-state index is 14.3. The van der Waals surface area contributed by atoms with Crippen molar-refractivity contribution in [3.05, 3.63) is 35.6 Å². The second-order valence-corrected chi connectivity index (χ2v) is 6.11. The van der Waals surface area contributed by atoms with E-state index in [0.29, 0.717) is 19.3 Å². The number of nitrogens with one attached hydrogen (secondary N) is 1. The highest BCUT2D eigenvalue weighted by Crippen LogP contribution is 2.36. The Kier molecular flexibility index (Phi) is 7.12. The number of ketones is 1. The fourth-order valence-corrected chi connectivity index (χ4v) is 3.31. The molecule has 3 atom stereocenters. The van der Waals surface area contributed by atoms with Crippen LogP contribution < -0.4 is 5.32 Å². The molecule has 1 saturated carbocycles. The molecule has 0 bridgehead atoms. The van der Waals surface area contributed by atoms with Crippen LogP contribution in [0.15, 0.2) is 24.3 Å². The Morgan fingerprint density at radius 2 is 1.88 bits per heavy atom. The van der Waals surface area contributed by atoms with E-state index in [9.17, 15) is 18.8 Å². The van der Waals surface area contributed by atoms with Gasteiger partial charge in [0.05, 0.1) is 19.3 Å². The number of hydrogen-bond donors (Lipinski definition) is 1. The molecule has 7 heteroatoms. The highest BCUT2D eigenvalue weighted by Gasteiger charge is 2.42. The van der Waals surface area contributed by atoms with Gasteiger partial charge in [-0.1, -0.05) is 24.6 Å². The van der Waals surface area contributed by atoms with E-state index < -0.39 is 35.8 Å². The number of alkyl carbamates (subject to hydrolysis) is 1. The van der Waals surface area contributed by atoms with Crippen LogP contribution >= 0.6 is 0 Å². The van der Waals surface area contributed by atoms with Gasteiger partial charge >= 0.3 is 12.1 Å². The average molecular weight is 365 g/mol. The minimum atomic E-state index is -0.903. The number of amides is 1. The first kappa shape index (κ1) is 19.9. The summed E-state index contributed by atoms with van der Waals surface area (Å²) in [6.07, 6.45) is 0.722. The molecule has 142 valence electrons. The first-order valence-electron chi connectivity index (χ1n) is 8.87. The van der Waals surface area contributed by atoms with Crippen LogP contribution in [0.3, 0.4) is 0 Å². The molecule has 1 aromatic rings. The Morgan fingerprint density at radius 1 is 1.19 bits per heavy atom. The van der Waals surface area contributed by atoms with Gasteiger partial charge in [-0.25, -0.2) is 9.18 Å². The number of hydrogen-bond acceptors (Lipinski definition) is 5. The molecular weight excluding hydrogens is 341 g/mol. The third-order valence-corrected chi connectivity index (χ3v) is 4.48. The van der Waals surface area contributed by atoms with Crippen molar-refractivity contribution in [1.29, 1.82) is 0 Å². The van der Waals surface area contributed by atoms with Crippen LogP contribution in [0.25, 0.3) is 0 Å². The Balaban J connectivity index is 2.31. The van der Waals surface area contributed by atoms with E-state index in [-0.39, 0.29) is 24.6 Å². The molecule has 0 radical (unpaired) electrons. The first-order valence-corrected chi connectivity index (χ1v) is 8.87. The maximum absolute atomic E-state index is 14.3. The largest absolute Gasteiger partial charge is 0.465 e. The highest BCUT2D eigenvalue weighted by atomic mass is 19.1. The zero-order chi connectivity index (χ0) is 19.1. The standard InChI is InChI=1S/C19H24FNO5/c1-3-25-18(23)14-10-7-9-13(17(14)22)16(21-19(24)26-4-2)12-8-5-6-11-15(12)20/h5-6,8,11,13-14,16H,3-4,7,9-10H2,1-2H3,(H,21,24). The third-order valence-electron chi connectivity index (χ3n) is 4.48. The van der Waals surface area contributed by atoms with Gasteiger partial charge in [-0.15, -0.1) is 0 Å². The molecular formula is C19H24FNO5. The van der Waals surface area contributed by atoms with Crippen molar-refractivity contribution in [3.8, 4) is 0 Å². The predicted octanol–water partition coefficient (Wildman–Crippen LogP) is 3.16. The summed E-state index contributed by atoms with van der Waals surface area (Å²) in [5.41, 5.74) is 0.198. The molecule has 1 fully saturated rings. The summed E-state index contributed by atoms with van der Waals surface area (Å²) in [6.45, 7) is 3.67. The van der Waals surface area contributed by atoms with Crippen molar-refractivity contribution in [2.24, 2.45) is 11.8 Å². The van der Waals surface area contributed by atoms with Crippen LogP contribution in [-0.2, 0) is 19.1 Å². The fourth-order valence-electron chi connectivity index (χ4n) is 3.31.